The highest BCUT2D eigenvalue weighted by atomic mass is 35.5. The molecule has 4 heteroatoms. The number of ether oxygens (including phenoxy) is 2. The molecule has 0 aromatic heterocycles. The van der Waals surface area contributed by atoms with Crippen LogP contribution in [0.15, 0.2) is 42.5 Å². The zero-order valence-corrected chi connectivity index (χ0v) is 11.9. The van der Waals surface area contributed by atoms with Gasteiger partial charge in [0.1, 0.15) is 17.6 Å². The van der Waals surface area contributed by atoms with Crippen molar-refractivity contribution in [1.82, 2.24) is 0 Å². The van der Waals surface area contributed by atoms with Gasteiger partial charge in [0.15, 0.2) is 0 Å². The number of halogens is 1. The summed E-state index contributed by atoms with van der Waals surface area (Å²) in [6, 6.07) is 13.4. The van der Waals surface area contributed by atoms with Crippen molar-refractivity contribution in [2.75, 3.05) is 7.11 Å². The maximum atomic E-state index is 6.27. The summed E-state index contributed by atoms with van der Waals surface area (Å²) < 4.78 is 11.3. The van der Waals surface area contributed by atoms with Crippen LogP contribution in [0.4, 0.5) is 0 Å². The summed E-state index contributed by atoms with van der Waals surface area (Å²) in [5, 5.41) is 0.709. The molecule has 1 aliphatic rings. The zero-order chi connectivity index (χ0) is 14.1. The predicted molar refractivity (Wildman–Crippen MR) is 79.4 cm³/mol. The lowest BCUT2D eigenvalue weighted by Gasteiger charge is -2.31. The van der Waals surface area contributed by atoms with Crippen LogP contribution in [-0.2, 0) is 0 Å². The fraction of sp³-hybridized carbons (Fsp3) is 0.250. The minimum atomic E-state index is -0.0715. The van der Waals surface area contributed by atoms with Crippen molar-refractivity contribution in [2.45, 2.75) is 18.6 Å². The van der Waals surface area contributed by atoms with Crippen LogP contribution in [0.1, 0.15) is 29.7 Å². The average molecular weight is 290 g/mol. The maximum Gasteiger partial charge on any atom is 0.126 e. The molecule has 2 aromatic carbocycles. The Morgan fingerprint density at radius 3 is 2.85 bits per heavy atom. The molecule has 0 saturated carbocycles. The van der Waals surface area contributed by atoms with Gasteiger partial charge in [-0.05, 0) is 35.9 Å². The van der Waals surface area contributed by atoms with Crippen molar-refractivity contribution < 1.29 is 9.47 Å². The smallest absolute Gasteiger partial charge is 0.126 e. The highest BCUT2D eigenvalue weighted by molar-refractivity contribution is 6.30. The molecular formula is C16H16ClNO2. The van der Waals surface area contributed by atoms with Gasteiger partial charge in [0, 0.05) is 23.0 Å². The molecule has 104 valence electrons. The van der Waals surface area contributed by atoms with Crippen LogP contribution in [0, 0.1) is 0 Å². The molecule has 0 aliphatic carbocycles. The van der Waals surface area contributed by atoms with Crippen molar-refractivity contribution in [2.24, 2.45) is 5.73 Å². The van der Waals surface area contributed by atoms with E-state index in [-0.39, 0.29) is 12.1 Å². The first-order chi connectivity index (χ1) is 9.67. The summed E-state index contributed by atoms with van der Waals surface area (Å²) in [5.74, 6) is 1.61. The Kier molecular flexibility index (Phi) is 3.55. The zero-order valence-electron chi connectivity index (χ0n) is 11.2. The molecule has 0 spiro atoms. The van der Waals surface area contributed by atoms with Crippen molar-refractivity contribution in [1.29, 1.82) is 0 Å². The maximum absolute atomic E-state index is 6.27. The summed E-state index contributed by atoms with van der Waals surface area (Å²) >= 11 is 6.04. The molecule has 1 unspecified atom stereocenters. The van der Waals surface area contributed by atoms with E-state index in [9.17, 15) is 0 Å². The summed E-state index contributed by atoms with van der Waals surface area (Å²) in [7, 11) is 1.64. The largest absolute Gasteiger partial charge is 0.497 e. The van der Waals surface area contributed by atoms with Crippen molar-refractivity contribution >= 4 is 11.6 Å². The van der Waals surface area contributed by atoms with Gasteiger partial charge in [-0.15, -0.1) is 0 Å². The fourth-order valence-corrected chi connectivity index (χ4v) is 2.72. The first kappa shape index (κ1) is 13.3. The Morgan fingerprint density at radius 1 is 1.25 bits per heavy atom. The molecule has 0 fully saturated rings. The molecule has 0 amide bonds. The van der Waals surface area contributed by atoms with Gasteiger partial charge in [-0.2, -0.15) is 0 Å². The molecule has 2 atom stereocenters. The van der Waals surface area contributed by atoms with Crippen LogP contribution in [0.5, 0.6) is 11.5 Å². The number of hydrogen-bond donors (Lipinski definition) is 1. The van der Waals surface area contributed by atoms with Crippen molar-refractivity contribution in [3.05, 3.63) is 58.6 Å². The van der Waals surface area contributed by atoms with Crippen molar-refractivity contribution in [3.8, 4) is 11.5 Å². The van der Waals surface area contributed by atoms with Gasteiger partial charge in [0.05, 0.1) is 7.11 Å². The number of rotatable bonds is 2. The fourth-order valence-electron chi connectivity index (χ4n) is 2.52. The van der Waals surface area contributed by atoms with Crippen molar-refractivity contribution in [3.63, 3.8) is 0 Å². The van der Waals surface area contributed by atoms with Gasteiger partial charge in [-0.3, -0.25) is 0 Å². The molecule has 1 heterocycles. The third-order valence-corrected chi connectivity index (χ3v) is 3.81. The third kappa shape index (κ3) is 2.47. The summed E-state index contributed by atoms with van der Waals surface area (Å²) in [4.78, 5) is 0. The first-order valence-electron chi connectivity index (χ1n) is 6.53. The lowest BCUT2D eigenvalue weighted by Crippen LogP contribution is -2.24. The molecule has 2 N–H and O–H groups in total. The van der Waals surface area contributed by atoms with Gasteiger partial charge in [-0.25, -0.2) is 0 Å². The first-order valence-corrected chi connectivity index (χ1v) is 6.91. The van der Waals surface area contributed by atoms with E-state index in [1.807, 2.05) is 42.5 Å². The monoisotopic (exact) mass is 289 g/mol. The minimum absolute atomic E-state index is 0.0652. The molecule has 3 nitrogen and oxygen atoms in total. The van der Waals surface area contributed by atoms with E-state index in [1.165, 1.54) is 0 Å². The molecule has 0 radical (unpaired) electrons. The molecule has 2 aromatic rings. The number of fused-ring (bicyclic) bond motifs is 1. The highest BCUT2D eigenvalue weighted by Crippen LogP contribution is 2.41. The van der Waals surface area contributed by atoms with Crippen LogP contribution in [0.25, 0.3) is 0 Å². The van der Waals surface area contributed by atoms with E-state index < -0.39 is 0 Å². The SMILES string of the molecule is COc1ccc2c(c1)[C@H](N)CC(c1cccc(Cl)c1)O2. The Hall–Kier alpha value is -1.71. The van der Waals surface area contributed by atoms with Gasteiger partial charge in [0.2, 0.25) is 0 Å². The molecule has 3 rings (SSSR count). The number of nitrogens with two attached hydrogens (primary N) is 1. The molecule has 20 heavy (non-hydrogen) atoms. The normalized spacial score (nSPS) is 20.9. The lowest BCUT2D eigenvalue weighted by atomic mass is 9.93. The molecule has 1 aliphatic heterocycles. The van der Waals surface area contributed by atoms with Crippen LogP contribution < -0.4 is 15.2 Å². The summed E-state index contributed by atoms with van der Waals surface area (Å²) in [6.07, 6.45) is 0.658. The van der Waals surface area contributed by atoms with E-state index in [1.54, 1.807) is 7.11 Å². The Balaban J connectivity index is 1.93. The van der Waals surface area contributed by atoms with E-state index in [4.69, 9.17) is 26.8 Å². The highest BCUT2D eigenvalue weighted by Gasteiger charge is 2.27. The van der Waals surface area contributed by atoms with E-state index in [2.05, 4.69) is 0 Å². The second-order valence-electron chi connectivity index (χ2n) is 4.91. The standard InChI is InChI=1S/C16H16ClNO2/c1-19-12-5-6-15-13(8-12)14(18)9-16(20-15)10-3-2-4-11(17)7-10/h2-8,14,16H,9,18H2,1H3/t14-,16?/m1/s1. The van der Waals surface area contributed by atoms with E-state index in [0.717, 1.165) is 29.0 Å². The number of hydrogen-bond acceptors (Lipinski definition) is 3. The minimum Gasteiger partial charge on any atom is -0.497 e. The predicted octanol–water partition coefficient (Wildman–Crippen LogP) is 3.87. The Labute approximate surface area is 123 Å². The van der Waals surface area contributed by atoms with Crippen LogP contribution in [0.3, 0.4) is 0 Å². The summed E-state index contributed by atoms with van der Waals surface area (Å²) in [5.41, 5.74) is 8.31. The number of benzene rings is 2. The third-order valence-electron chi connectivity index (χ3n) is 3.57. The van der Waals surface area contributed by atoms with E-state index in [0.29, 0.717) is 5.02 Å². The molecule has 0 bridgehead atoms. The van der Waals surface area contributed by atoms with Crippen LogP contribution >= 0.6 is 11.6 Å². The topological polar surface area (TPSA) is 44.5 Å². The molecule has 0 saturated heterocycles. The second-order valence-corrected chi connectivity index (χ2v) is 5.34. The van der Waals surface area contributed by atoms with Gasteiger partial charge in [-0.1, -0.05) is 23.7 Å². The van der Waals surface area contributed by atoms with E-state index >= 15 is 0 Å². The second kappa shape index (κ2) is 5.35. The molecular weight excluding hydrogens is 274 g/mol. The Morgan fingerprint density at radius 2 is 2.10 bits per heavy atom. The van der Waals surface area contributed by atoms with Gasteiger partial charge >= 0.3 is 0 Å². The lowest BCUT2D eigenvalue weighted by molar-refractivity contribution is 0.161. The summed E-state index contributed by atoms with van der Waals surface area (Å²) in [6.45, 7) is 0. The van der Waals surface area contributed by atoms with Crippen LogP contribution in [-0.4, -0.2) is 7.11 Å². The average Bonchev–Trinajstić information content (AvgIpc) is 2.47. The quantitative estimate of drug-likeness (QED) is 0.913. The Bertz CT molecular complexity index is 630. The van der Waals surface area contributed by atoms with Gasteiger partial charge in [0.25, 0.3) is 0 Å². The van der Waals surface area contributed by atoms with Gasteiger partial charge < -0.3 is 15.2 Å². The number of methoxy groups -OCH3 is 1. The van der Waals surface area contributed by atoms with Crippen LogP contribution in [0.2, 0.25) is 5.02 Å².